The highest BCUT2D eigenvalue weighted by molar-refractivity contribution is 8.00. The molecule has 7 nitrogen and oxygen atoms in total. The van der Waals surface area contributed by atoms with Gasteiger partial charge in [0.15, 0.2) is 5.16 Å². The number of amides is 1. The van der Waals surface area contributed by atoms with E-state index in [1.807, 2.05) is 72.0 Å². The van der Waals surface area contributed by atoms with Crippen LogP contribution in [0.25, 0.3) is 16.7 Å². The van der Waals surface area contributed by atoms with E-state index in [1.54, 1.807) is 19.2 Å². The Balaban J connectivity index is 1.59. The minimum Gasteiger partial charge on any atom is -0.325 e. The summed E-state index contributed by atoms with van der Waals surface area (Å²) in [6.07, 6.45) is 0. The highest BCUT2D eigenvalue weighted by atomic mass is 35.5. The van der Waals surface area contributed by atoms with Gasteiger partial charge in [0, 0.05) is 17.8 Å². The fourth-order valence-corrected chi connectivity index (χ4v) is 5.00. The highest BCUT2D eigenvalue weighted by Crippen LogP contribution is 2.36. The van der Waals surface area contributed by atoms with E-state index in [9.17, 15) is 9.59 Å². The summed E-state index contributed by atoms with van der Waals surface area (Å²) in [6, 6.07) is 22.2. The van der Waals surface area contributed by atoms with E-state index in [1.165, 1.54) is 16.3 Å². The van der Waals surface area contributed by atoms with E-state index in [0.717, 1.165) is 11.1 Å². The molecular formula is C25H20ClN5O2S. The quantitative estimate of drug-likeness (QED) is 0.351. The normalized spacial score (nSPS) is 12.2. The smallest absolute Gasteiger partial charge is 0.262 e. The molecule has 0 spiro atoms. The number of halogens is 1. The molecule has 5 aromatic rings. The SMILES string of the molecule is Cc1ccc(NC(=O)C(Sc2nnc3n(C)c(=O)c4ccccc4n23)c2ccccc2)cc1Cl. The highest BCUT2D eigenvalue weighted by Gasteiger charge is 2.26. The molecule has 1 atom stereocenters. The van der Waals surface area contributed by atoms with E-state index in [2.05, 4.69) is 15.5 Å². The third-order valence-corrected chi connectivity index (χ3v) is 7.20. The van der Waals surface area contributed by atoms with Gasteiger partial charge < -0.3 is 5.32 Å². The van der Waals surface area contributed by atoms with Gasteiger partial charge in [-0.2, -0.15) is 0 Å². The van der Waals surface area contributed by atoms with Gasteiger partial charge in [-0.05, 0) is 42.3 Å². The molecule has 0 aliphatic rings. The van der Waals surface area contributed by atoms with Crippen LogP contribution < -0.4 is 10.9 Å². The lowest BCUT2D eigenvalue weighted by Gasteiger charge is -2.17. The molecular weight excluding hydrogens is 470 g/mol. The first-order valence-electron chi connectivity index (χ1n) is 10.6. The van der Waals surface area contributed by atoms with Crippen molar-refractivity contribution in [3.8, 4) is 0 Å². The van der Waals surface area contributed by atoms with Crippen LogP contribution in [0.15, 0.2) is 82.7 Å². The Labute approximate surface area is 204 Å². The number of rotatable bonds is 5. The first-order valence-corrected chi connectivity index (χ1v) is 11.8. The van der Waals surface area contributed by atoms with Crippen molar-refractivity contribution in [2.75, 3.05) is 5.32 Å². The molecule has 0 aliphatic heterocycles. The summed E-state index contributed by atoms with van der Waals surface area (Å²) in [5.41, 5.74) is 2.89. The van der Waals surface area contributed by atoms with E-state index < -0.39 is 5.25 Å². The molecule has 1 unspecified atom stereocenters. The number of para-hydroxylation sites is 1. The Morgan fingerprint density at radius 1 is 1.03 bits per heavy atom. The summed E-state index contributed by atoms with van der Waals surface area (Å²) in [6.45, 7) is 1.91. The Hall–Kier alpha value is -3.62. The number of nitrogens with one attached hydrogen (secondary N) is 1. The number of hydrogen-bond acceptors (Lipinski definition) is 5. The summed E-state index contributed by atoms with van der Waals surface area (Å²) in [5.74, 6) is 0.186. The predicted octanol–water partition coefficient (Wildman–Crippen LogP) is 5.02. The van der Waals surface area contributed by atoms with Crippen molar-refractivity contribution in [3.63, 3.8) is 0 Å². The van der Waals surface area contributed by atoms with Crippen molar-refractivity contribution in [1.82, 2.24) is 19.2 Å². The first kappa shape index (κ1) is 22.2. The average Bonchev–Trinajstić information content (AvgIpc) is 3.28. The molecule has 0 aliphatic carbocycles. The summed E-state index contributed by atoms with van der Waals surface area (Å²) in [7, 11) is 1.66. The van der Waals surface area contributed by atoms with Gasteiger partial charge in [-0.3, -0.25) is 18.6 Å². The van der Waals surface area contributed by atoms with Gasteiger partial charge in [0.05, 0.1) is 10.9 Å². The van der Waals surface area contributed by atoms with Crippen LogP contribution in [0.3, 0.4) is 0 Å². The standard InChI is InChI=1S/C25H20ClN5O2S/c1-15-12-13-17(14-19(15)26)27-22(32)21(16-8-4-3-5-9-16)34-25-29-28-24-30(2)23(33)18-10-6-7-11-20(18)31(24)25/h3-14,21H,1-2H3,(H,27,32). The maximum Gasteiger partial charge on any atom is 0.262 e. The number of benzene rings is 3. The lowest BCUT2D eigenvalue weighted by atomic mass is 10.1. The molecule has 9 heteroatoms. The predicted molar refractivity (Wildman–Crippen MR) is 136 cm³/mol. The number of carbonyl (C=O) groups is 1. The lowest BCUT2D eigenvalue weighted by molar-refractivity contribution is -0.115. The molecule has 0 radical (unpaired) electrons. The van der Waals surface area contributed by atoms with E-state index in [4.69, 9.17) is 11.6 Å². The molecule has 0 saturated carbocycles. The molecule has 1 N–H and O–H groups in total. The molecule has 2 heterocycles. The third-order valence-electron chi connectivity index (χ3n) is 5.60. The zero-order valence-electron chi connectivity index (χ0n) is 18.4. The van der Waals surface area contributed by atoms with Crippen LogP contribution in [-0.4, -0.2) is 25.1 Å². The Morgan fingerprint density at radius 3 is 2.53 bits per heavy atom. The maximum atomic E-state index is 13.5. The summed E-state index contributed by atoms with van der Waals surface area (Å²) < 4.78 is 3.28. The second-order valence-electron chi connectivity index (χ2n) is 7.86. The van der Waals surface area contributed by atoms with Crippen molar-refractivity contribution in [2.24, 2.45) is 7.05 Å². The topological polar surface area (TPSA) is 81.3 Å². The molecule has 0 fully saturated rings. The van der Waals surface area contributed by atoms with E-state index in [0.29, 0.717) is 32.5 Å². The molecule has 1 amide bonds. The van der Waals surface area contributed by atoms with Gasteiger partial charge in [-0.15, -0.1) is 10.2 Å². The molecule has 170 valence electrons. The number of fused-ring (bicyclic) bond motifs is 3. The van der Waals surface area contributed by atoms with Gasteiger partial charge in [-0.1, -0.05) is 71.9 Å². The number of thioether (sulfide) groups is 1. The van der Waals surface area contributed by atoms with E-state index >= 15 is 0 Å². The molecule has 0 bridgehead atoms. The van der Waals surface area contributed by atoms with Crippen molar-refractivity contribution in [2.45, 2.75) is 17.3 Å². The average molecular weight is 490 g/mol. The van der Waals surface area contributed by atoms with Crippen molar-refractivity contribution in [1.29, 1.82) is 0 Å². The van der Waals surface area contributed by atoms with Crippen LogP contribution >= 0.6 is 23.4 Å². The summed E-state index contributed by atoms with van der Waals surface area (Å²) >= 11 is 7.52. The fraction of sp³-hybridized carbons (Fsp3) is 0.120. The number of anilines is 1. The van der Waals surface area contributed by atoms with Crippen LogP contribution in [0.5, 0.6) is 0 Å². The van der Waals surface area contributed by atoms with Crippen LogP contribution in [0.2, 0.25) is 5.02 Å². The molecule has 34 heavy (non-hydrogen) atoms. The zero-order valence-corrected chi connectivity index (χ0v) is 20.0. The number of hydrogen-bond donors (Lipinski definition) is 1. The van der Waals surface area contributed by atoms with Gasteiger partial charge in [0.2, 0.25) is 11.7 Å². The monoisotopic (exact) mass is 489 g/mol. The van der Waals surface area contributed by atoms with Crippen LogP contribution in [0.1, 0.15) is 16.4 Å². The third kappa shape index (κ3) is 3.95. The molecule has 3 aromatic carbocycles. The second-order valence-corrected chi connectivity index (χ2v) is 9.34. The number of carbonyl (C=O) groups excluding carboxylic acids is 1. The first-order chi connectivity index (χ1) is 16.4. The zero-order chi connectivity index (χ0) is 23.8. The molecule has 5 rings (SSSR count). The van der Waals surface area contributed by atoms with Crippen LogP contribution in [-0.2, 0) is 11.8 Å². The number of aromatic nitrogens is 4. The van der Waals surface area contributed by atoms with E-state index in [-0.39, 0.29) is 11.5 Å². The largest absolute Gasteiger partial charge is 0.325 e. The van der Waals surface area contributed by atoms with Gasteiger partial charge in [-0.25, -0.2) is 0 Å². The van der Waals surface area contributed by atoms with Gasteiger partial charge in [0.25, 0.3) is 5.56 Å². The van der Waals surface area contributed by atoms with Crippen molar-refractivity contribution in [3.05, 3.63) is 99.3 Å². The van der Waals surface area contributed by atoms with Gasteiger partial charge >= 0.3 is 0 Å². The Bertz CT molecular complexity index is 1600. The maximum absolute atomic E-state index is 13.5. The summed E-state index contributed by atoms with van der Waals surface area (Å²) in [4.78, 5) is 26.2. The summed E-state index contributed by atoms with van der Waals surface area (Å²) in [5, 5.41) is 12.6. The number of nitrogens with zero attached hydrogens (tertiary/aromatic N) is 4. The minimum absolute atomic E-state index is 0.152. The Morgan fingerprint density at radius 2 is 1.76 bits per heavy atom. The second kappa shape index (κ2) is 8.96. The van der Waals surface area contributed by atoms with Crippen molar-refractivity contribution >= 4 is 51.6 Å². The molecule has 2 aromatic heterocycles. The lowest BCUT2D eigenvalue weighted by Crippen LogP contribution is -2.21. The molecule has 0 saturated heterocycles. The number of aryl methyl sites for hydroxylation is 2. The van der Waals surface area contributed by atoms with Crippen LogP contribution in [0.4, 0.5) is 5.69 Å². The fourth-order valence-electron chi connectivity index (χ4n) is 3.77. The Kier molecular flexibility index (Phi) is 5.85. The van der Waals surface area contributed by atoms with Gasteiger partial charge in [0.1, 0.15) is 5.25 Å². The van der Waals surface area contributed by atoms with Crippen molar-refractivity contribution < 1.29 is 4.79 Å². The van der Waals surface area contributed by atoms with Crippen LogP contribution in [0, 0.1) is 6.92 Å². The minimum atomic E-state index is -0.621.